The van der Waals surface area contributed by atoms with E-state index in [0.717, 1.165) is 68.2 Å². The molecular weight excluding hydrogens is 448 g/mol. The summed E-state index contributed by atoms with van der Waals surface area (Å²) in [6.45, 7) is 5.14. The average molecular weight is 495 g/mol. The second-order valence-corrected chi connectivity index (χ2v) is 10.9. The number of aryl methyl sites for hydroxylation is 1. The number of nitrogens with zero attached hydrogens (tertiary/aromatic N) is 3. The molecule has 2 amide bonds. The van der Waals surface area contributed by atoms with Crippen LogP contribution in [-0.2, 0) is 22.6 Å². The molecule has 0 bridgehead atoms. The zero-order valence-corrected chi connectivity index (χ0v) is 22.5. The number of aromatic nitrogens is 2. The van der Waals surface area contributed by atoms with Gasteiger partial charge in [-0.1, -0.05) is 64.5 Å². The maximum atomic E-state index is 14.0. The molecule has 0 atom stereocenters. The van der Waals surface area contributed by atoms with Crippen molar-refractivity contribution in [2.24, 2.45) is 5.92 Å². The first-order chi connectivity index (χ1) is 17.6. The van der Waals surface area contributed by atoms with Crippen LogP contribution < -0.4 is 5.32 Å². The van der Waals surface area contributed by atoms with Gasteiger partial charge in [-0.05, 0) is 57.1 Å². The van der Waals surface area contributed by atoms with Gasteiger partial charge in [-0.25, -0.2) is 4.98 Å². The van der Waals surface area contributed by atoms with Crippen LogP contribution in [0, 0.1) is 5.92 Å². The van der Waals surface area contributed by atoms with Gasteiger partial charge >= 0.3 is 0 Å². The summed E-state index contributed by atoms with van der Waals surface area (Å²) in [6, 6.07) is 8.96. The highest BCUT2D eigenvalue weighted by Gasteiger charge is 2.33. The number of hydrogen-bond donors (Lipinski definition) is 1. The van der Waals surface area contributed by atoms with Crippen LogP contribution in [0.1, 0.15) is 103 Å². The number of para-hydroxylation sites is 2. The van der Waals surface area contributed by atoms with Gasteiger partial charge in [0.25, 0.3) is 0 Å². The smallest absolute Gasteiger partial charge is 0.243 e. The first kappa shape index (κ1) is 26.7. The van der Waals surface area contributed by atoms with Crippen LogP contribution in [0.2, 0.25) is 0 Å². The predicted octanol–water partition coefficient (Wildman–Crippen LogP) is 6.02. The lowest BCUT2D eigenvalue weighted by Gasteiger charge is -2.42. The van der Waals surface area contributed by atoms with E-state index in [2.05, 4.69) is 34.7 Å². The molecule has 1 aromatic carbocycles. The molecule has 1 aromatic heterocycles. The van der Waals surface area contributed by atoms with Gasteiger partial charge in [-0.3, -0.25) is 9.59 Å². The first-order valence-corrected chi connectivity index (χ1v) is 14.6. The summed E-state index contributed by atoms with van der Waals surface area (Å²) in [6.07, 6.45) is 15.5. The summed E-state index contributed by atoms with van der Waals surface area (Å²) in [4.78, 5) is 33.6. The molecule has 0 spiro atoms. The molecule has 0 aliphatic heterocycles. The molecule has 4 rings (SSSR count). The van der Waals surface area contributed by atoms with Crippen molar-refractivity contribution in [3.63, 3.8) is 0 Å². The molecule has 6 heteroatoms. The Morgan fingerprint density at radius 2 is 1.58 bits per heavy atom. The minimum atomic E-state index is 0.0951. The van der Waals surface area contributed by atoms with Crippen molar-refractivity contribution >= 4 is 22.8 Å². The van der Waals surface area contributed by atoms with E-state index in [1.54, 1.807) is 0 Å². The summed E-state index contributed by atoms with van der Waals surface area (Å²) in [5.41, 5.74) is 1.98. The predicted molar refractivity (Wildman–Crippen MR) is 146 cm³/mol. The number of carbonyl (C=O) groups is 2. The third-order valence-electron chi connectivity index (χ3n) is 8.48. The highest BCUT2D eigenvalue weighted by Crippen LogP contribution is 2.31. The number of fused-ring (bicyclic) bond motifs is 1. The molecule has 198 valence electrons. The van der Waals surface area contributed by atoms with E-state index in [0.29, 0.717) is 25.2 Å². The van der Waals surface area contributed by atoms with Gasteiger partial charge in [-0.15, -0.1) is 0 Å². The van der Waals surface area contributed by atoms with Crippen molar-refractivity contribution in [3.8, 4) is 0 Å². The number of rotatable bonds is 11. The molecule has 2 aliphatic carbocycles. The summed E-state index contributed by atoms with van der Waals surface area (Å²) in [5, 5.41) is 3.10. The highest BCUT2D eigenvalue weighted by atomic mass is 16.2. The van der Waals surface area contributed by atoms with Crippen LogP contribution in [0.15, 0.2) is 24.3 Å². The van der Waals surface area contributed by atoms with Crippen molar-refractivity contribution in [2.75, 3.05) is 6.54 Å². The Hall–Kier alpha value is -2.37. The summed E-state index contributed by atoms with van der Waals surface area (Å²) < 4.78 is 2.15. The normalized spacial score (nSPS) is 17.5. The number of benzene rings is 1. The van der Waals surface area contributed by atoms with Crippen molar-refractivity contribution in [2.45, 2.75) is 122 Å². The number of imidazole rings is 1. The highest BCUT2D eigenvalue weighted by molar-refractivity contribution is 5.81. The molecule has 2 fully saturated rings. The molecular formula is C30H46N4O2. The van der Waals surface area contributed by atoms with Gasteiger partial charge in [-0.2, -0.15) is 0 Å². The van der Waals surface area contributed by atoms with Crippen molar-refractivity contribution in [1.29, 1.82) is 0 Å². The molecule has 2 aliphatic rings. The zero-order chi connectivity index (χ0) is 25.3. The fourth-order valence-electron chi connectivity index (χ4n) is 6.40. The topological polar surface area (TPSA) is 67.2 Å². The Balaban J connectivity index is 1.48. The van der Waals surface area contributed by atoms with Crippen LogP contribution in [0.25, 0.3) is 11.0 Å². The van der Waals surface area contributed by atoms with Crippen LogP contribution >= 0.6 is 0 Å². The SMILES string of the molecule is CCC(CC)C(=O)NCCCc1nc2ccccc2n1CC(=O)N(C1CCCCC1)C1CCCCC1. The van der Waals surface area contributed by atoms with Gasteiger partial charge in [0, 0.05) is 31.0 Å². The molecule has 1 heterocycles. The van der Waals surface area contributed by atoms with E-state index in [9.17, 15) is 9.59 Å². The average Bonchev–Trinajstić information content (AvgIpc) is 3.26. The monoisotopic (exact) mass is 494 g/mol. The first-order valence-electron chi connectivity index (χ1n) is 14.6. The Morgan fingerprint density at radius 1 is 0.972 bits per heavy atom. The third kappa shape index (κ3) is 6.49. The number of carbonyl (C=O) groups excluding carboxylic acids is 2. The molecule has 0 saturated heterocycles. The second-order valence-electron chi connectivity index (χ2n) is 10.9. The fourth-order valence-corrected chi connectivity index (χ4v) is 6.40. The lowest BCUT2D eigenvalue weighted by molar-refractivity contribution is -0.138. The van der Waals surface area contributed by atoms with E-state index >= 15 is 0 Å². The van der Waals surface area contributed by atoms with E-state index in [1.807, 2.05) is 18.2 Å². The number of nitrogens with one attached hydrogen (secondary N) is 1. The number of amides is 2. The third-order valence-corrected chi connectivity index (χ3v) is 8.48. The van der Waals surface area contributed by atoms with Gasteiger partial charge in [0.15, 0.2) is 0 Å². The molecule has 0 unspecified atom stereocenters. The lowest BCUT2D eigenvalue weighted by atomic mass is 9.88. The Kier molecular flexibility index (Phi) is 9.82. The summed E-state index contributed by atoms with van der Waals surface area (Å²) >= 11 is 0. The summed E-state index contributed by atoms with van der Waals surface area (Å²) in [7, 11) is 0. The van der Waals surface area contributed by atoms with Gasteiger partial charge in [0.05, 0.1) is 11.0 Å². The maximum Gasteiger partial charge on any atom is 0.243 e. The second kappa shape index (κ2) is 13.3. The zero-order valence-electron chi connectivity index (χ0n) is 22.5. The van der Waals surface area contributed by atoms with E-state index in [1.165, 1.54) is 38.5 Å². The molecule has 2 aromatic rings. The van der Waals surface area contributed by atoms with Crippen LogP contribution in [-0.4, -0.2) is 44.9 Å². The van der Waals surface area contributed by atoms with Crippen molar-refractivity contribution in [1.82, 2.24) is 19.8 Å². The van der Waals surface area contributed by atoms with Gasteiger partial charge < -0.3 is 14.8 Å². The maximum absolute atomic E-state index is 14.0. The van der Waals surface area contributed by atoms with Crippen molar-refractivity contribution < 1.29 is 9.59 Å². The number of hydrogen-bond acceptors (Lipinski definition) is 3. The molecule has 2 saturated carbocycles. The Labute approximate surface area is 217 Å². The molecule has 6 nitrogen and oxygen atoms in total. The van der Waals surface area contributed by atoms with Crippen LogP contribution in [0.3, 0.4) is 0 Å². The molecule has 36 heavy (non-hydrogen) atoms. The van der Waals surface area contributed by atoms with Crippen LogP contribution in [0.4, 0.5) is 0 Å². The van der Waals surface area contributed by atoms with Crippen molar-refractivity contribution in [3.05, 3.63) is 30.1 Å². The Bertz CT molecular complexity index is 966. The molecule has 0 radical (unpaired) electrons. The fraction of sp³-hybridized carbons (Fsp3) is 0.700. The largest absolute Gasteiger partial charge is 0.356 e. The van der Waals surface area contributed by atoms with E-state index < -0.39 is 0 Å². The minimum Gasteiger partial charge on any atom is -0.356 e. The standard InChI is InChI=1S/C30H46N4O2/c1-3-23(4-2)30(36)31-21-13-20-28-32-26-18-11-12-19-27(26)33(28)22-29(35)34(24-14-7-5-8-15-24)25-16-9-6-10-17-25/h11-12,18-19,23-25H,3-10,13-17,20-22H2,1-2H3,(H,31,36). The minimum absolute atomic E-state index is 0.0951. The molecule has 1 N–H and O–H groups in total. The van der Waals surface area contributed by atoms with E-state index in [4.69, 9.17) is 4.98 Å². The summed E-state index contributed by atoms with van der Waals surface area (Å²) in [5.74, 6) is 1.46. The van der Waals surface area contributed by atoms with Gasteiger partial charge in [0.2, 0.25) is 11.8 Å². The lowest BCUT2D eigenvalue weighted by Crippen LogP contribution is -2.50. The van der Waals surface area contributed by atoms with Gasteiger partial charge in [0.1, 0.15) is 12.4 Å². The van der Waals surface area contributed by atoms with E-state index in [-0.39, 0.29) is 17.7 Å². The van der Waals surface area contributed by atoms with Crippen LogP contribution in [0.5, 0.6) is 0 Å². The Morgan fingerprint density at radius 3 is 2.19 bits per heavy atom. The quantitative estimate of drug-likeness (QED) is 0.389.